The molecule has 0 aliphatic carbocycles. The molecule has 1 aromatic carbocycles. The van der Waals surface area contributed by atoms with Crippen molar-refractivity contribution in [1.82, 2.24) is 4.90 Å². The summed E-state index contributed by atoms with van der Waals surface area (Å²) in [7, 11) is 1.57. The van der Waals surface area contributed by atoms with Crippen LogP contribution in [0.2, 0.25) is 0 Å². The second kappa shape index (κ2) is 6.75. The van der Waals surface area contributed by atoms with Crippen molar-refractivity contribution >= 4 is 11.7 Å². The summed E-state index contributed by atoms with van der Waals surface area (Å²) in [5.74, 6) is 0.688. The lowest BCUT2D eigenvalue weighted by molar-refractivity contribution is 0.192. The number of aliphatic hydroxyl groups is 1. The molecule has 1 rings (SSSR count). The first-order chi connectivity index (χ1) is 8.21. The van der Waals surface area contributed by atoms with Gasteiger partial charge in [0, 0.05) is 24.8 Å². The van der Waals surface area contributed by atoms with Crippen LogP contribution in [-0.2, 0) is 0 Å². The molecule has 0 aliphatic rings. The first-order valence-electron chi connectivity index (χ1n) is 5.52. The lowest BCUT2D eigenvalue weighted by Gasteiger charge is -2.20. The van der Waals surface area contributed by atoms with E-state index in [2.05, 4.69) is 5.32 Å². The predicted molar refractivity (Wildman–Crippen MR) is 66.3 cm³/mol. The number of nitrogens with one attached hydrogen (secondary N) is 1. The number of amides is 2. The van der Waals surface area contributed by atoms with Gasteiger partial charge in [-0.3, -0.25) is 0 Å². The molecule has 0 saturated heterocycles. The average Bonchev–Trinajstić information content (AvgIpc) is 2.36. The number of urea groups is 1. The molecule has 0 aliphatic heterocycles. The number of hydrogen-bond donors (Lipinski definition) is 2. The van der Waals surface area contributed by atoms with Crippen molar-refractivity contribution in [1.29, 1.82) is 0 Å². The second-order valence-electron chi connectivity index (χ2n) is 3.47. The van der Waals surface area contributed by atoms with Crippen LogP contribution in [0.4, 0.5) is 10.5 Å². The molecule has 17 heavy (non-hydrogen) atoms. The Kier molecular flexibility index (Phi) is 5.29. The highest BCUT2D eigenvalue weighted by molar-refractivity contribution is 5.89. The number of likely N-dealkylation sites (N-methyl/N-ethyl adjacent to an activating group) is 1. The minimum Gasteiger partial charge on any atom is -0.497 e. The van der Waals surface area contributed by atoms with Gasteiger partial charge in [-0.05, 0) is 19.1 Å². The van der Waals surface area contributed by atoms with E-state index in [0.29, 0.717) is 24.5 Å². The molecule has 0 radical (unpaired) electrons. The summed E-state index contributed by atoms with van der Waals surface area (Å²) in [5, 5.41) is 11.6. The van der Waals surface area contributed by atoms with E-state index in [1.807, 2.05) is 6.92 Å². The fourth-order valence-corrected chi connectivity index (χ4v) is 1.43. The highest BCUT2D eigenvalue weighted by Crippen LogP contribution is 2.16. The summed E-state index contributed by atoms with van der Waals surface area (Å²) in [6.45, 7) is 2.70. The molecule has 2 N–H and O–H groups in total. The van der Waals surface area contributed by atoms with E-state index in [4.69, 9.17) is 9.84 Å². The Balaban J connectivity index is 2.65. The Morgan fingerprint density at radius 3 is 2.88 bits per heavy atom. The summed E-state index contributed by atoms with van der Waals surface area (Å²) in [5.41, 5.74) is 0.672. The van der Waals surface area contributed by atoms with E-state index >= 15 is 0 Å². The average molecular weight is 238 g/mol. The zero-order chi connectivity index (χ0) is 12.7. The largest absolute Gasteiger partial charge is 0.497 e. The molecule has 0 unspecified atom stereocenters. The number of benzene rings is 1. The van der Waals surface area contributed by atoms with E-state index in [1.54, 1.807) is 31.4 Å². The highest BCUT2D eigenvalue weighted by atomic mass is 16.5. The van der Waals surface area contributed by atoms with Crippen LogP contribution < -0.4 is 10.1 Å². The van der Waals surface area contributed by atoms with Crippen LogP contribution in [0.25, 0.3) is 0 Å². The molecule has 94 valence electrons. The lowest BCUT2D eigenvalue weighted by Crippen LogP contribution is -2.36. The van der Waals surface area contributed by atoms with E-state index in [1.165, 1.54) is 4.90 Å². The Morgan fingerprint density at radius 1 is 1.53 bits per heavy atom. The third-order valence-corrected chi connectivity index (χ3v) is 2.36. The first kappa shape index (κ1) is 13.3. The molecule has 1 aromatic rings. The molecule has 5 nitrogen and oxygen atoms in total. The lowest BCUT2D eigenvalue weighted by atomic mass is 10.3. The maximum atomic E-state index is 11.8. The molecule has 5 heteroatoms. The standard InChI is InChI=1S/C12H18N2O3/c1-3-14(7-8-15)12(16)13-10-5-4-6-11(9-10)17-2/h4-6,9,15H,3,7-8H2,1-2H3,(H,13,16). The maximum Gasteiger partial charge on any atom is 0.321 e. The molecule has 0 bridgehead atoms. The Hall–Kier alpha value is -1.75. The number of aliphatic hydroxyl groups excluding tert-OH is 1. The van der Waals surface area contributed by atoms with Crippen LogP contribution >= 0.6 is 0 Å². The van der Waals surface area contributed by atoms with E-state index in [0.717, 1.165) is 0 Å². The molecule has 0 heterocycles. The number of methoxy groups -OCH3 is 1. The van der Waals surface area contributed by atoms with Crippen LogP contribution in [0.1, 0.15) is 6.92 Å². The fourth-order valence-electron chi connectivity index (χ4n) is 1.43. The number of hydrogen-bond acceptors (Lipinski definition) is 3. The zero-order valence-corrected chi connectivity index (χ0v) is 10.1. The van der Waals surface area contributed by atoms with Crippen molar-refractivity contribution in [3.05, 3.63) is 24.3 Å². The summed E-state index contributed by atoms with van der Waals surface area (Å²) in [6.07, 6.45) is 0. The van der Waals surface area contributed by atoms with Gasteiger partial charge in [0.2, 0.25) is 0 Å². The van der Waals surface area contributed by atoms with Crippen molar-refractivity contribution in [3.63, 3.8) is 0 Å². The number of anilines is 1. The maximum absolute atomic E-state index is 11.8. The second-order valence-corrected chi connectivity index (χ2v) is 3.47. The van der Waals surface area contributed by atoms with Gasteiger partial charge in [0.25, 0.3) is 0 Å². The Labute approximate surface area is 101 Å². The summed E-state index contributed by atoms with van der Waals surface area (Å²) >= 11 is 0. The highest BCUT2D eigenvalue weighted by Gasteiger charge is 2.10. The Bertz CT molecular complexity index is 369. The number of rotatable bonds is 5. The predicted octanol–water partition coefficient (Wildman–Crippen LogP) is 1.54. The molecular weight excluding hydrogens is 220 g/mol. The van der Waals surface area contributed by atoms with Crippen LogP contribution in [0.5, 0.6) is 5.75 Å². The van der Waals surface area contributed by atoms with Gasteiger partial charge < -0.3 is 20.1 Å². The third-order valence-electron chi connectivity index (χ3n) is 2.36. The minimum atomic E-state index is -0.227. The topological polar surface area (TPSA) is 61.8 Å². The van der Waals surface area contributed by atoms with Gasteiger partial charge >= 0.3 is 6.03 Å². The number of carbonyl (C=O) groups is 1. The fraction of sp³-hybridized carbons (Fsp3) is 0.417. The SMILES string of the molecule is CCN(CCO)C(=O)Nc1cccc(OC)c1. The molecule has 0 spiro atoms. The zero-order valence-electron chi connectivity index (χ0n) is 10.1. The van der Waals surface area contributed by atoms with Crippen LogP contribution in [-0.4, -0.2) is 42.8 Å². The quantitative estimate of drug-likeness (QED) is 0.818. The molecule has 0 atom stereocenters. The molecule has 2 amide bonds. The third kappa shape index (κ3) is 3.96. The summed E-state index contributed by atoms with van der Waals surface area (Å²) in [4.78, 5) is 13.3. The molecular formula is C12H18N2O3. The summed E-state index contributed by atoms with van der Waals surface area (Å²) < 4.78 is 5.07. The molecule has 0 saturated carbocycles. The first-order valence-corrected chi connectivity index (χ1v) is 5.52. The monoisotopic (exact) mass is 238 g/mol. The van der Waals surface area contributed by atoms with Crippen molar-refractivity contribution in [3.8, 4) is 5.75 Å². The van der Waals surface area contributed by atoms with Gasteiger partial charge in [-0.1, -0.05) is 6.07 Å². The van der Waals surface area contributed by atoms with Crippen LogP contribution in [0, 0.1) is 0 Å². The van der Waals surface area contributed by atoms with Gasteiger partial charge in [-0.25, -0.2) is 4.79 Å². The van der Waals surface area contributed by atoms with Crippen molar-refractivity contribution in [2.45, 2.75) is 6.92 Å². The van der Waals surface area contributed by atoms with Gasteiger partial charge in [0.05, 0.1) is 13.7 Å². The molecule has 0 aromatic heterocycles. The van der Waals surface area contributed by atoms with Gasteiger partial charge in [-0.15, -0.1) is 0 Å². The Morgan fingerprint density at radius 2 is 2.29 bits per heavy atom. The van der Waals surface area contributed by atoms with Crippen molar-refractivity contribution in [2.75, 3.05) is 32.1 Å². The number of nitrogens with zero attached hydrogens (tertiary/aromatic N) is 1. The van der Waals surface area contributed by atoms with Crippen LogP contribution in [0.3, 0.4) is 0 Å². The van der Waals surface area contributed by atoms with Crippen molar-refractivity contribution in [2.24, 2.45) is 0 Å². The van der Waals surface area contributed by atoms with Gasteiger partial charge in [-0.2, -0.15) is 0 Å². The minimum absolute atomic E-state index is 0.0423. The van der Waals surface area contributed by atoms with E-state index in [9.17, 15) is 4.79 Å². The van der Waals surface area contributed by atoms with Gasteiger partial charge in [0.1, 0.15) is 5.75 Å². The summed E-state index contributed by atoms with van der Waals surface area (Å²) in [6, 6.07) is 6.91. The van der Waals surface area contributed by atoms with Crippen LogP contribution in [0.15, 0.2) is 24.3 Å². The number of ether oxygens (including phenoxy) is 1. The smallest absolute Gasteiger partial charge is 0.321 e. The van der Waals surface area contributed by atoms with Gasteiger partial charge in [0.15, 0.2) is 0 Å². The van der Waals surface area contributed by atoms with Crippen molar-refractivity contribution < 1.29 is 14.6 Å². The molecule has 0 fully saturated rings. The normalized spacial score (nSPS) is 9.82. The van der Waals surface area contributed by atoms with E-state index < -0.39 is 0 Å². The number of carbonyl (C=O) groups excluding carboxylic acids is 1. The van der Waals surface area contributed by atoms with E-state index in [-0.39, 0.29) is 12.6 Å².